The molecular weight excluding hydrogens is 300 g/mol. The standard InChI is InChI=1S/C14H14N6OS/c1-3-20-12(17-18-19-20)10-5-4-6-11(7-10)13(21)16-14-15-9(2)8-22-14/h4-8H,3H2,1-2H3,(H,15,16,21). The van der Waals surface area contributed by atoms with Gasteiger partial charge in [-0.15, -0.1) is 16.4 Å². The smallest absolute Gasteiger partial charge is 0.257 e. The van der Waals surface area contributed by atoms with Gasteiger partial charge in [0.15, 0.2) is 11.0 Å². The minimum absolute atomic E-state index is 0.202. The summed E-state index contributed by atoms with van der Waals surface area (Å²) in [4.78, 5) is 16.5. The molecule has 2 aromatic heterocycles. The van der Waals surface area contributed by atoms with Crippen molar-refractivity contribution >= 4 is 22.4 Å². The van der Waals surface area contributed by atoms with Crippen molar-refractivity contribution in [1.29, 1.82) is 0 Å². The molecule has 22 heavy (non-hydrogen) atoms. The molecule has 0 radical (unpaired) electrons. The van der Waals surface area contributed by atoms with Crippen LogP contribution in [-0.2, 0) is 6.54 Å². The summed E-state index contributed by atoms with van der Waals surface area (Å²) in [5.74, 6) is 0.439. The molecule has 1 amide bonds. The number of anilines is 1. The average Bonchev–Trinajstić information content (AvgIpc) is 3.16. The number of aryl methyl sites for hydroxylation is 2. The summed E-state index contributed by atoms with van der Waals surface area (Å²) < 4.78 is 1.68. The molecule has 2 heterocycles. The topological polar surface area (TPSA) is 85.6 Å². The van der Waals surface area contributed by atoms with Gasteiger partial charge in [-0.05, 0) is 36.4 Å². The number of amides is 1. The molecule has 0 aliphatic carbocycles. The third kappa shape index (κ3) is 2.86. The quantitative estimate of drug-likeness (QED) is 0.799. The Balaban J connectivity index is 1.86. The highest BCUT2D eigenvalue weighted by Gasteiger charge is 2.12. The lowest BCUT2D eigenvalue weighted by molar-refractivity contribution is 0.102. The number of thiazole rings is 1. The third-order valence-corrected chi connectivity index (χ3v) is 3.93. The monoisotopic (exact) mass is 314 g/mol. The van der Waals surface area contributed by atoms with E-state index in [0.717, 1.165) is 11.3 Å². The van der Waals surface area contributed by atoms with Gasteiger partial charge in [-0.2, -0.15) is 0 Å². The average molecular weight is 314 g/mol. The maximum absolute atomic E-state index is 12.3. The number of carbonyl (C=O) groups excluding carboxylic acids is 1. The maximum Gasteiger partial charge on any atom is 0.257 e. The van der Waals surface area contributed by atoms with E-state index in [1.54, 1.807) is 16.8 Å². The van der Waals surface area contributed by atoms with E-state index in [9.17, 15) is 4.79 Å². The number of hydrogen-bond donors (Lipinski definition) is 1. The van der Waals surface area contributed by atoms with Crippen molar-refractivity contribution in [1.82, 2.24) is 25.2 Å². The van der Waals surface area contributed by atoms with Crippen molar-refractivity contribution in [3.63, 3.8) is 0 Å². The Bertz CT molecular complexity index is 809. The van der Waals surface area contributed by atoms with Gasteiger partial charge in [0.2, 0.25) is 0 Å². The second kappa shape index (κ2) is 6.02. The number of benzene rings is 1. The van der Waals surface area contributed by atoms with Gasteiger partial charge in [0.25, 0.3) is 5.91 Å². The lowest BCUT2D eigenvalue weighted by atomic mass is 10.1. The Labute approximate surface area is 131 Å². The van der Waals surface area contributed by atoms with Crippen molar-refractivity contribution in [2.75, 3.05) is 5.32 Å². The second-order valence-electron chi connectivity index (χ2n) is 4.65. The number of tetrazole rings is 1. The summed E-state index contributed by atoms with van der Waals surface area (Å²) in [7, 11) is 0. The lowest BCUT2D eigenvalue weighted by Crippen LogP contribution is -2.12. The van der Waals surface area contributed by atoms with E-state index in [-0.39, 0.29) is 5.91 Å². The summed E-state index contributed by atoms with van der Waals surface area (Å²) in [6, 6.07) is 7.21. The van der Waals surface area contributed by atoms with Gasteiger partial charge in [0, 0.05) is 23.1 Å². The molecule has 1 aromatic carbocycles. The van der Waals surface area contributed by atoms with E-state index < -0.39 is 0 Å². The Morgan fingerprint density at radius 1 is 1.41 bits per heavy atom. The number of nitrogens with one attached hydrogen (secondary N) is 1. The fourth-order valence-electron chi connectivity index (χ4n) is 2.00. The van der Waals surface area contributed by atoms with Crippen molar-refractivity contribution in [2.45, 2.75) is 20.4 Å². The van der Waals surface area contributed by atoms with Crippen LogP contribution in [0.2, 0.25) is 0 Å². The van der Waals surface area contributed by atoms with Crippen LogP contribution in [0, 0.1) is 6.92 Å². The molecule has 1 N–H and O–H groups in total. The van der Waals surface area contributed by atoms with E-state index in [1.165, 1.54) is 11.3 Å². The van der Waals surface area contributed by atoms with E-state index in [4.69, 9.17) is 0 Å². The van der Waals surface area contributed by atoms with E-state index >= 15 is 0 Å². The number of hydrogen-bond acceptors (Lipinski definition) is 6. The first kappa shape index (κ1) is 14.3. The number of carbonyl (C=O) groups is 1. The Kier molecular flexibility index (Phi) is 3.92. The summed E-state index contributed by atoms with van der Waals surface area (Å²) in [6.07, 6.45) is 0. The van der Waals surface area contributed by atoms with Crippen LogP contribution in [0.1, 0.15) is 23.0 Å². The molecule has 3 aromatic rings. The zero-order chi connectivity index (χ0) is 15.5. The van der Waals surface area contributed by atoms with Crippen LogP contribution in [-0.4, -0.2) is 31.1 Å². The molecule has 0 aliphatic rings. The third-order valence-electron chi connectivity index (χ3n) is 3.05. The molecule has 112 valence electrons. The molecule has 0 spiro atoms. The molecule has 3 rings (SSSR count). The maximum atomic E-state index is 12.3. The minimum Gasteiger partial charge on any atom is -0.298 e. The van der Waals surface area contributed by atoms with E-state index in [1.807, 2.05) is 31.4 Å². The SMILES string of the molecule is CCn1nnnc1-c1cccc(C(=O)Nc2nc(C)cs2)c1. The molecule has 0 atom stereocenters. The number of nitrogens with zero attached hydrogens (tertiary/aromatic N) is 5. The van der Waals surface area contributed by atoms with Gasteiger partial charge >= 0.3 is 0 Å². The van der Waals surface area contributed by atoms with Gasteiger partial charge in [0.05, 0.1) is 5.69 Å². The van der Waals surface area contributed by atoms with E-state index in [0.29, 0.717) is 23.1 Å². The number of rotatable bonds is 4. The molecule has 0 saturated heterocycles. The van der Waals surface area contributed by atoms with Gasteiger partial charge in [0.1, 0.15) is 0 Å². The summed E-state index contributed by atoms with van der Waals surface area (Å²) >= 11 is 1.40. The van der Waals surface area contributed by atoms with Crippen LogP contribution in [0.4, 0.5) is 5.13 Å². The summed E-state index contributed by atoms with van der Waals surface area (Å²) in [5, 5.41) is 16.8. The first-order valence-electron chi connectivity index (χ1n) is 6.77. The number of aromatic nitrogens is 5. The van der Waals surface area contributed by atoms with Crippen molar-refractivity contribution in [3.05, 3.63) is 40.9 Å². The van der Waals surface area contributed by atoms with E-state index in [2.05, 4.69) is 25.8 Å². The van der Waals surface area contributed by atoms with Crippen molar-refractivity contribution in [2.24, 2.45) is 0 Å². The van der Waals surface area contributed by atoms with Crippen molar-refractivity contribution in [3.8, 4) is 11.4 Å². The largest absolute Gasteiger partial charge is 0.298 e. The molecule has 0 unspecified atom stereocenters. The van der Waals surface area contributed by atoms with Gasteiger partial charge in [-0.3, -0.25) is 10.1 Å². The summed E-state index contributed by atoms with van der Waals surface area (Å²) in [5.41, 5.74) is 2.22. The van der Waals surface area contributed by atoms with Gasteiger partial charge < -0.3 is 0 Å². The predicted molar refractivity (Wildman–Crippen MR) is 83.7 cm³/mol. The molecule has 0 aliphatic heterocycles. The molecule has 0 bridgehead atoms. The zero-order valence-electron chi connectivity index (χ0n) is 12.1. The van der Waals surface area contributed by atoms with Crippen LogP contribution >= 0.6 is 11.3 Å². The van der Waals surface area contributed by atoms with Gasteiger partial charge in [-0.25, -0.2) is 9.67 Å². The van der Waals surface area contributed by atoms with Crippen LogP contribution < -0.4 is 5.32 Å². The highest BCUT2D eigenvalue weighted by Crippen LogP contribution is 2.19. The van der Waals surface area contributed by atoms with Crippen molar-refractivity contribution < 1.29 is 4.79 Å². The minimum atomic E-state index is -0.202. The fourth-order valence-corrected chi connectivity index (χ4v) is 2.69. The van der Waals surface area contributed by atoms with Crippen LogP contribution in [0.25, 0.3) is 11.4 Å². The highest BCUT2D eigenvalue weighted by molar-refractivity contribution is 7.13. The molecule has 0 fully saturated rings. The van der Waals surface area contributed by atoms with Crippen LogP contribution in [0.15, 0.2) is 29.6 Å². The molecule has 8 heteroatoms. The highest BCUT2D eigenvalue weighted by atomic mass is 32.1. The second-order valence-corrected chi connectivity index (χ2v) is 5.51. The fraction of sp³-hybridized carbons (Fsp3) is 0.214. The zero-order valence-corrected chi connectivity index (χ0v) is 13.0. The Morgan fingerprint density at radius 3 is 3.00 bits per heavy atom. The molecular formula is C14H14N6OS. The normalized spacial score (nSPS) is 10.6. The first-order valence-corrected chi connectivity index (χ1v) is 7.65. The molecule has 7 nitrogen and oxygen atoms in total. The molecule has 0 saturated carbocycles. The predicted octanol–water partition coefficient (Wildman–Crippen LogP) is 2.38. The summed E-state index contributed by atoms with van der Waals surface area (Å²) in [6.45, 7) is 4.51. The Morgan fingerprint density at radius 2 is 2.27 bits per heavy atom. The lowest BCUT2D eigenvalue weighted by Gasteiger charge is -2.05. The Hall–Kier alpha value is -2.61. The van der Waals surface area contributed by atoms with Crippen LogP contribution in [0.3, 0.4) is 0 Å². The first-order chi connectivity index (χ1) is 10.7. The van der Waals surface area contributed by atoms with Gasteiger partial charge in [-0.1, -0.05) is 12.1 Å². The van der Waals surface area contributed by atoms with Crippen LogP contribution in [0.5, 0.6) is 0 Å².